The molecular weight excluding hydrogens is 426 g/mol. The lowest BCUT2D eigenvalue weighted by molar-refractivity contribution is 0.00723. The van der Waals surface area contributed by atoms with E-state index in [9.17, 15) is 0 Å². The molecule has 1 heterocycles. The minimum absolute atomic E-state index is 0.712. The third-order valence-corrected chi connectivity index (χ3v) is 10.6. The van der Waals surface area contributed by atoms with E-state index in [0.29, 0.717) is 12.1 Å². The third kappa shape index (κ3) is 7.26. The molecule has 0 aromatic carbocycles. The molecular formula is C32H59N3. The Bertz CT molecular complexity index is 588. The van der Waals surface area contributed by atoms with Crippen molar-refractivity contribution in [2.24, 2.45) is 28.8 Å². The number of rotatable bonds is 5. The molecule has 4 aliphatic carbocycles. The molecule has 1 aliphatic heterocycles. The van der Waals surface area contributed by atoms with Crippen LogP contribution in [0.4, 0.5) is 0 Å². The van der Waals surface area contributed by atoms with E-state index in [0.717, 1.165) is 35.8 Å². The molecule has 0 N–H and O–H groups in total. The minimum atomic E-state index is 0.712. The Morgan fingerprint density at radius 1 is 0.657 bits per heavy atom. The lowest BCUT2D eigenvalue weighted by Crippen LogP contribution is -2.53. The molecule has 5 rings (SSSR count). The van der Waals surface area contributed by atoms with E-state index in [4.69, 9.17) is 5.10 Å². The number of hydrazone groups is 1. The summed E-state index contributed by atoms with van der Waals surface area (Å²) in [6.07, 6.45) is 28.1. The molecule has 0 bridgehead atoms. The summed E-state index contributed by atoms with van der Waals surface area (Å²) in [5, 5.41) is 8.05. The van der Waals surface area contributed by atoms with Crippen molar-refractivity contribution >= 4 is 6.21 Å². The van der Waals surface area contributed by atoms with Crippen molar-refractivity contribution in [3.8, 4) is 0 Å². The van der Waals surface area contributed by atoms with E-state index in [1.807, 2.05) is 13.8 Å². The Morgan fingerprint density at radius 2 is 1.26 bits per heavy atom. The van der Waals surface area contributed by atoms with Gasteiger partial charge in [-0.15, -0.1) is 0 Å². The standard InChI is InChI=1S/C30H53N3.C2H6/c1-23-10-15-28(16-11-23)33(29-17-12-24(2)13-18-29)31-22-25-14-19-30-26(21-25)7-6-20-32(30)27-8-4-3-5-9-27;1-2/h22-30H,3-21H2,1-2H3;1-2H3. The molecule has 3 nitrogen and oxygen atoms in total. The number of hydrogen-bond acceptors (Lipinski definition) is 3. The summed E-state index contributed by atoms with van der Waals surface area (Å²) in [5.41, 5.74) is 0. The summed E-state index contributed by atoms with van der Waals surface area (Å²) in [4.78, 5) is 3.00. The Hall–Kier alpha value is -0.570. The van der Waals surface area contributed by atoms with Crippen molar-refractivity contribution in [1.82, 2.24) is 9.91 Å². The van der Waals surface area contributed by atoms with Crippen LogP contribution in [0.2, 0.25) is 0 Å². The first-order valence-corrected chi connectivity index (χ1v) is 16.3. The van der Waals surface area contributed by atoms with E-state index in [1.54, 1.807) is 0 Å². The van der Waals surface area contributed by atoms with Gasteiger partial charge in [-0.2, -0.15) is 5.10 Å². The van der Waals surface area contributed by atoms with Gasteiger partial charge in [0.15, 0.2) is 0 Å². The lowest BCUT2D eigenvalue weighted by Gasteiger charge is -2.50. The predicted octanol–water partition coefficient (Wildman–Crippen LogP) is 8.67. The summed E-state index contributed by atoms with van der Waals surface area (Å²) in [7, 11) is 0. The first-order valence-electron chi connectivity index (χ1n) is 16.3. The van der Waals surface area contributed by atoms with Crippen LogP contribution >= 0.6 is 0 Å². The van der Waals surface area contributed by atoms with Crippen molar-refractivity contribution in [1.29, 1.82) is 0 Å². The molecule has 5 fully saturated rings. The Labute approximate surface area is 218 Å². The molecule has 3 unspecified atom stereocenters. The van der Waals surface area contributed by atoms with Gasteiger partial charge in [0.25, 0.3) is 0 Å². The second kappa shape index (κ2) is 13.8. The van der Waals surface area contributed by atoms with Gasteiger partial charge in [0.1, 0.15) is 0 Å². The summed E-state index contributed by atoms with van der Waals surface area (Å²) < 4.78 is 0. The van der Waals surface area contributed by atoms with Crippen LogP contribution in [0.3, 0.4) is 0 Å². The second-order valence-electron chi connectivity index (χ2n) is 13.0. The second-order valence-corrected chi connectivity index (χ2v) is 13.0. The van der Waals surface area contributed by atoms with Crippen molar-refractivity contribution in [2.75, 3.05) is 6.54 Å². The maximum Gasteiger partial charge on any atom is 0.0474 e. The fourth-order valence-corrected chi connectivity index (χ4v) is 8.41. The molecule has 0 amide bonds. The number of likely N-dealkylation sites (tertiary alicyclic amines) is 1. The van der Waals surface area contributed by atoms with Gasteiger partial charge < -0.3 is 0 Å². The van der Waals surface area contributed by atoms with Gasteiger partial charge in [-0.05, 0) is 127 Å². The SMILES string of the molecule is CC.CC1CCC(N(N=CC2CCC3C(CCCN3C3CCCCC3)C2)C2CCC(C)CC2)CC1. The monoisotopic (exact) mass is 485 g/mol. The normalized spacial score (nSPS) is 39.5. The fourth-order valence-electron chi connectivity index (χ4n) is 8.41. The van der Waals surface area contributed by atoms with Crippen LogP contribution < -0.4 is 0 Å². The third-order valence-electron chi connectivity index (χ3n) is 10.6. The largest absolute Gasteiger partial charge is 0.297 e. The molecule has 0 aromatic rings. The zero-order valence-electron chi connectivity index (χ0n) is 24.0. The van der Waals surface area contributed by atoms with Gasteiger partial charge >= 0.3 is 0 Å². The molecule has 5 aliphatic rings. The molecule has 1 saturated heterocycles. The molecule has 0 spiro atoms. The van der Waals surface area contributed by atoms with E-state index in [-0.39, 0.29) is 0 Å². The summed E-state index contributed by atoms with van der Waals surface area (Å²) in [6.45, 7) is 10.3. The van der Waals surface area contributed by atoms with Gasteiger partial charge in [-0.3, -0.25) is 9.91 Å². The van der Waals surface area contributed by atoms with Crippen molar-refractivity contribution < 1.29 is 0 Å². The Kier molecular flexibility index (Phi) is 10.8. The predicted molar refractivity (Wildman–Crippen MR) is 152 cm³/mol. The Balaban J connectivity index is 0.00000141. The molecule has 0 aromatic heterocycles. The van der Waals surface area contributed by atoms with E-state index in [2.05, 4.69) is 30.0 Å². The topological polar surface area (TPSA) is 18.8 Å². The van der Waals surface area contributed by atoms with E-state index in [1.165, 1.54) is 122 Å². The van der Waals surface area contributed by atoms with Crippen LogP contribution in [0.25, 0.3) is 0 Å². The quantitative estimate of drug-likeness (QED) is 0.286. The zero-order valence-corrected chi connectivity index (χ0v) is 24.0. The highest BCUT2D eigenvalue weighted by molar-refractivity contribution is 5.60. The molecule has 3 atom stereocenters. The fraction of sp³-hybridized carbons (Fsp3) is 0.969. The van der Waals surface area contributed by atoms with E-state index < -0.39 is 0 Å². The number of fused-ring (bicyclic) bond motifs is 1. The van der Waals surface area contributed by atoms with Gasteiger partial charge in [0, 0.05) is 30.4 Å². The Morgan fingerprint density at radius 3 is 1.86 bits per heavy atom. The maximum atomic E-state index is 5.39. The highest BCUT2D eigenvalue weighted by Gasteiger charge is 2.39. The number of nitrogens with zero attached hydrogens (tertiary/aromatic N) is 3. The average molecular weight is 486 g/mol. The van der Waals surface area contributed by atoms with Gasteiger partial charge in [0.2, 0.25) is 0 Å². The number of piperidine rings is 1. The molecule has 4 saturated carbocycles. The summed E-state index contributed by atoms with van der Waals surface area (Å²) >= 11 is 0. The van der Waals surface area contributed by atoms with Crippen molar-refractivity contribution in [2.45, 2.75) is 167 Å². The van der Waals surface area contributed by atoms with Crippen LogP contribution in [0.5, 0.6) is 0 Å². The summed E-state index contributed by atoms with van der Waals surface area (Å²) in [5.74, 6) is 3.51. The first-order chi connectivity index (χ1) is 17.2. The molecule has 35 heavy (non-hydrogen) atoms. The highest BCUT2D eigenvalue weighted by atomic mass is 15.5. The van der Waals surface area contributed by atoms with Gasteiger partial charge in [0.05, 0.1) is 0 Å². The average Bonchev–Trinajstić information content (AvgIpc) is 2.92. The van der Waals surface area contributed by atoms with Gasteiger partial charge in [-0.25, -0.2) is 0 Å². The molecule has 3 heteroatoms. The highest BCUT2D eigenvalue weighted by Crippen LogP contribution is 2.41. The zero-order chi connectivity index (χ0) is 24.6. The van der Waals surface area contributed by atoms with Gasteiger partial charge in [-0.1, -0.05) is 47.0 Å². The van der Waals surface area contributed by atoms with Crippen LogP contribution in [0.1, 0.15) is 143 Å². The smallest absolute Gasteiger partial charge is 0.0474 e. The molecule has 0 radical (unpaired) electrons. The summed E-state index contributed by atoms with van der Waals surface area (Å²) in [6, 6.07) is 3.23. The van der Waals surface area contributed by atoms with Crippen LogP contribution in [0.15, 0.2) is 5.10 Å². The molecule has 202 valence electrons. The first kappa shape index (κ1) is 27.5. The van der Waals surface area contributed by atoms with Crippen molar-refractivity contribution in [3.63, 3.8) is 0 Å². The number of hydrogen-bond donors (Lipinski definition) is 0. The minimum Gasteiger partial charge on any atom is -0.297 e. The van der Waals surface area contributed by atoms with Crippen LogP contribution in [-0.2, 0) is 0 Å². The van der Waals surface area contributed by atoms with Crippen LogP contribution in [0, 0.1) is 23.7 Å². The van der Waals surface area contributed by atoms with E-state index >= 15 is 0 Å². The van der Waals surface area contributed by atoms with Crippen molar-refractivity contribution in [3.05, 3.63) is 0 Å². The lowest BCUT2D eigenvalue weighted by atomic mass is 9.73. The maximum absolute atomic E-state index is 5.39. The van der Waals surface area contributed by atoms with Crippen LogP contribution in [-0.4, -0.2) is 46.8 Å².